The Kier molecular flexibility index (Phi) is 5.76. The Hall–Kier alpha value is -2.60. The number of hydrogen-bond donors (Lipinski definition) is 2. The highest BCUT2D eigenvalue weighted by atomic mass is 16.5. The number of H-pyrrole nitrogens is 1. The number of aromatic nitrogens is 1. The summed E-state index contributed by atoms with van der Waals surface area (Å²) in [5, 5.41) is 2.86. The van der Waals surface area contributed by atoms with E-state index < -0.39 is 0 Å². The van der Waals surface area contributed by atoms with E-state index in [1.165, 1.54) is 6.20 Å². The fourth-order valence-corrected chi connectivity index (χ4v) is 2.65. The third-order valence-electron chi connectivity index (χ3n) is 3.97. The molecular weight excluding hydrogens is 306 g/mol. The van der Waals surface area contributed by atoms with Gasteiger partial charge in [0.15, 0.2) is 0 Å². The molecule has 2 rings (SSSR count). The number of aryl methyl sites for hydroxylation is 1. The molecule has 2 aromatic rings. The maximum absolute atomic E-state index is 12.4. The summed E-state index contributed by atoms with van der Waals surface area (Å²) < 4.78 is 5.41. The van der Waals surface area contributed by atoms with Gasteiger partial charge >= 0.3 is 0 Å². The van der Waals surface area contributed by atoms with Crippen LogP contribution in [-0.4, -0.2) is 43.5 Å². The smallest absolute Gasteiger partial charge is 0.261 e. The van der Waals surface area contributed by atoms with Crippen LogP contribution in [0.4, 0.5) is 0 Å². The molecule has 0 aliphatic rings. The number of likely N-dealkylation sites (N-methyl/N-ethyl adjacent to an activating group) is 1. The van der Waals surface area contributed by atoms with Gasteiger partial charge in [-0.05, 0) is 38.7 Å². The van der Waals surface area contributed by atoms with Crippen molar-refractivity contribution in [2.45, 2.75) is 13.0 Å². The number of hydrogen-bond acceptors (Lipinski definition) is 4. The summed E-state index contributed by atoms with van der Waals surface area (Å²) in [7, 11) is 5.49. The van der Waals surface area contributed by atoms with Crippen molar-refractivity contribution in [3.8, 4) is 5.75 Å². The van der Waals surface area contributed by atoms with Crippen molar-refractivity contribution < 1.29 is 9.53 Å². The second kappa shape index (κ2) is 7.79. The first kappa shape index (κ1) is 17.7. The van der Waals surface area contributed by atoms with Gasteiger partial charge in [0.05, 0.1) is 13.2 Å². The number of para-hydroxylation sites is 1. The van der Waals surface area contributed by atoms with Crippen LogP contribution in [0.15, 0.2) is 41.3 Å². The normalized spacial score (nSPS) is 12.0. The van der Waals surface area contributed by atoms with Crippen molar-refractivity contribution in [3.63, 3.8) is 0 Å². The zero-order valence-electron chi connectivity index (χ0n) is 14.4. The topological polar surface area (TPSA) is 74.4 Å². The first-order chi connectivity index (χ1) is 11.5. The second-order valence-corrected chi connectivity index (χ2v) is 5.80. The van der Waals surface area contributed by atoms with Crippen molar-refractivity contribution in [2.75, 3.05) is 27.7 Å². The summed E-state index contributed by atoms with van der Waals surface area (Å²) in [5.41, 5.74) is 1.39. The predicted octanol–water partition coefficient (Wildman–Crippen LogP) is 1.72. The van der Waals surface area contributed by atoms with E-state index in [-0.39, 0.29) is 23.1 Å². The van der Waals surface area contributed by atoms with Crippen molar-refractivity contribution >= 4 is 5.91 Å². The molecule has 1 atom stereocenters. The standard InChI is InChI=1S/C18H23N3O3/c1-12-9-10-19-17(22)16(12)18(23)20-11-14(21(2)3)13-7-5-6-8-15(13)24-4/h5-10,14H,11H2,1-4H3,(H,19,22)(H,20,23)/t14-/m1/s1. The minimum atomic E-state index is -0.383. The van der Waals surface area contributed by atoms with Crippen molar-refractivity contribution in [2.24, 2.45) is 0 Å². The number of pyridine rings is 1. The third kappa shape index (κ3) is 3.83. The highest BCUT2D eigenvalue weighted by Gasteiger charge is 2.20. The average molecular weight is 329 g/mol. The molecule has 1 amide bonds. The van der Waals surface area contributed by atoms with Crippen LogP contribution in [-0.2, 0) is 0 Å². The predicted molar refractivity (Wildman–Crippen MR) is 93.6 cm³/mol. The molecule has 0 radical (unpaired) electrons. The summed E-state index contributed by atoms with van der Waals surface area (Å²) in [6.45, 7) is 2.10. The Morgan fingerprint density at radius 1 is 1.29 bits per heavy atom. The molecule has 0 bridgehead atoms. The van der Waals surface area contributed by atoms with Crippen LogP contribution in [0.5, 0.6) is 5.75 Å². The van der Waals surface area contributed by atoms with Gasteiger partial charge in [0.1, 0.15) is 11.3 Å². The number of carbonyl (C=O) groups excluding carboxylic acids is 1. The molecule has 0 saturated heterocycles. The van der Waals surface area contributed by atoms with Crippen molar-refractivity contribution in [3.05, 3.63) is 63.6 Å². The van der Waals surface area contributed by atoms with E-state index in [1.54, 1.807) is 20.1 Å². The first-order valence-electron chi connectivity index (χ1n) is 7.71. The van der Waals surface area contributed by atoms with E-state index in [0.29, 0.717) is 12.1 Å². The Labute approximate surface area is 141 Å². The number of aromatic amines is 1. The van der Waals surface area contributed by atoms with E-state index in [9.17, 15) is 9.59 Å². The fourth-order valence-electron chi connectivity index (χ4n) is 2.65. The number of benzene rings is 1. The molecule has 0 aliphatic heterocycles. The number of carbonyl (C=O) groups is 1. The number of ether oxygens (including phenoxy) is 1. The van der Waals surface area contributed by atoms with Gasteiger partial charge in [-0.2, -0.15) is 0 Å². The Morgan fingerprint density at radius 3 is 2.62 bits per heavy atom. The first-order valence-corrected chi connectivity index (χ1v) is 7.71. The zero-order chi connectivity index (χ0) is 17.7. The molecular formula is C18H23N3O3. The number of amides is 1. The monoisotopic (exact) mass is 329 g/mol. The van der Waals surface area contributed by atoms with Gasteiger partial charge in [-0.1, -0.05) is 18.2 Å². The molecule has 0 unspecified atom stereocenters. The van der Waals surface area contributed by atoms with Crippen molar-refractivity contribution in [1.82, 2.24) is 15.2 Å². The molecule has 0 spiro atoms. The van der Waals surface area contributed by atoms with E-state index in [1.807, 2.05) is 43.3 Å². The Bertz CT molecular complexity index is 768. The fraction of sp³-hybridized carbons (Fsp3) is 0.333. The molecule has 128 valence electrons. The molecule has 1 aromatic heterocycles. The minimum absolute atomic E-state index is 0.0757. The van der Waals surface area contributed by atoms with Crippen LogP contribution in [0.2, 0.25) is 0 Å². The van der Waals surface area contributed by atoms with Crippen molar-refractivity contribution in [1.29, 1.82) is 0 Å². The third-order valence-corrected chi connectivity index (χ3v) is 3.97. The maximum atomic E-state index is 12.4. The highest BCUT2D eigenvalue weighted by Crippen LogP contribution is 2.27. The van der Waals surface area contributed by atoms with E-state index in [0.717, 1.165) is 11.3 Å². The number of nitrogens with zero attached hydrogens (tertiary/aromatic N) is 1. The molecule has 1 aromatic carbocycles. The molecule has 6 heteroatoms. The van der Waals surface area contributed by atoms with E-state index >= 15 is 0 Å². The lowest BCUT2D eigenvalue weighted by molar-refractivity contribution is 0.0939. The SMILES string of the molecule is COc1ccccc1[C@@H](CNC(=O)c1c(C)cc[nH]c1=O)N(C)C. The lowest BCUT2D eigenvalue weighted by Gasteiger charge is -2.26. The Balaban J connectivity index is 2.21. The molecule has 0 saturated carbocycles. The zero-order valence-corrected chi connectivity index (χ0v) is 14.4. The van der Waals surface area contributed by atoms with Crippen LogP contribution in [0.3, 0.4) is 0 Å². The van der Waals surface area contributed by atoms with Gasteiger partial charge in [0.25, 0.3) is 11.5 Å². The molecule has 0 aliphatic carbocycles. The van der Waals surface area contributed by atoms with E-state index in [2.05, 4.69) is 10.3 Å². The molecule has 1 heterocycles. The summed E-state index contributed by atoms with van der Waals surface area (Å²) in [5.74, 6) is 0.385. The lowest BCUT2D eigenvalue weighted by atomic mass is 10.0. The lowest BCUT2D eigenvalue weighted by Crippen LogP contribution is -2.37. The van der Waals surface area contributed by atoms with Crippen LogP contribution >= 0.6 is 0 Å². The van der Waals surface area contributed by atoms with Gasteiger partial charge in [0.2, 0.25) is 0 Å². The summed E-state index contributed by atoms with van der Waals surface area (Å²) in [6.07, 6.45) is 1.53. The summed E-state index contributed by atoms with van der Waals surface area (Å²) in [4.78, 5) is 28.8. The molecule has 2 N–H and O–H groups in total. The van der Waals surface area contributed by atoms with Crippen LogP contribution in [0, 0.1) is 6.92 Å². The van der Waals surface area contributed by atoms with Crippen LogP contribution < -0.4 is 15.6 Å². The van der Waals surface area contributed by atoms with Gasteiger partial charge in [-0.3, -0.25) is 9.59 Å². The number of rotatable bonds is 6. The number of nitrogens with one attached hydrogen (secondary N) is 2. The number of methoxy groups -OCH3 is 1. The molecule has 0 fully saturated rings. The maximum Gasteiger partial charge on any atom is 0.261 e. The van der Waals surface area contributed by atoms with Gasteiger partial charge in [-0.25, -0.2) is 0 Å². The van der Waals surface area contributed by atoms with Crippen LogP contribution in [0.1, 0.15) is 27.5 Å². The minimum Gasteiger partial charge on any atom is -0.496 e. The second-order valence-electron chi connectivity index (χ2n) is 5.80. The highest BCUT2D eigenvalue weighted by molar-refractivity contribution is 5.95. The molecule has 6 nitrogen and oxygen atoms in total. The quantitative estimate of drug-likeness (QED) is 0.846. The summed E-state index contributed by atoms with van der Waals surface area (Å²) >= 11 is 0. The van der Waals surface area contributed by atoms with Crippen LogP contribution in [0.25, 0.3) is 0 Å². The van der Waals surface area contributed by atoms with Gasteiger partial charge in [-0.15, -0.1) is 0 Å². The molecule has 24 heavy (non-hydrogen) atoms. The summed E-state index contributed by atoms with van der Waals surface area (Å²) in [6, 6.07) is 9.33. The van der Waals surface area contributed by atoms with E-state index in [4.69, 9.17) is 4.74 Å². The largest absolute Gasteiger partial charge is 0.496 e. The van der Waals surface area contributed by atoms with Gasteiger partial charge < -0.3 is 19.9 Å². The average Bonchev–Trinajstić information content (AvgIpc) is 2.55. The van der Waals surface area contributed by atoms with Gasteiger partial charge in [0, 0.05) is 18.3 Å². The Morgan fingerprint density at radius 2 is 2.00 bits per heavy atom.